The normalized spacial score (nSPS) is 11.7. The summed E-state index contributed by atoms with van der Waals surface area (Å²) < 4.78 is 0. The molecule has 0 unspecified atom stereocenters. The Morgan fingerprint density at radius 2 is 1.94 bits per heavy atom. The molecule has 0 spiro atoms. The summed E-state index contributed by atoms with van der Waals surface area (Å²) in [6.45, 7) is 5.11. The van der Waals surface area contributed by atoms with E-state index in [1.165, 1.54) is 10.6 Å². The van der Waals surface area contributed by atoms with Crippen LogP contribution in [0, 0.1) is 0 Å². The molecule has 2 nitrogen and oxygen atoms in total. The highest BCUT2D eigenvalue weighted by molar-refractivity contribution is 7.10. The zero-order valence-electron chi connectivity index (χ0n) is 10.3. The molecule has 90 valence electrons. The summed E-state index contributed by atoms with van der Waals surface area (Å²) in [5, 5.41) is 3.30. The fourth-order valence-corrected chi connectivity index (χ4v) is 2.78. The van der Waals surface area contributed by atoms with Gasteiger partial charge in [-0.15, -0.1) is 11.3 Å². The molecule has 0 bridgehead atoms. The van der Waals surface area contributed by atoms with Gasteiger partial charge in [0.25, 0.3) is 0 Å². The van der Waals surface area contributed by atoms with Gasteiger partial charge in [0.05, 0.1) is 10.7 Å². The van der Waals surface area contributed by atoms with E-state index >= 15 is 0 Å². The summed E-state index contributed by atoms with van der Waals surface area (Å²) in [4.78, 5) is 4.73. The topological polar surface area (TPSA) is 38.9 Å². The van der Waals surface area contributed by atoms with Crippen molar-refractivity contribution in [3.63, 3.8) is 0 Å². The second-order valence-corrected chi connectivity index (χ2v) is 5.68. The van der Waals surface area contributed by atoms with Gasteiger partial charge >= 0.3 is 0 Å². The molecule has 2 N–H and O–H groups in total. The quantitative estimate of drug-likeness (QED) is 0.897. The van der Waals surface area contributed by atoms with Gasteiger partial charge in [0, 0.05) is 16.4 Å². The van der Waals surface area contributed by atoms with E-state index in [1.807, 2.05) is 18.2 Å². The lowest BCUT2D eigenvalue weighted by atomic mass is 9.90. The molecule has 1 aromatic heterocycles. The monoisotopic (exact) mass is 246 g/mol. The molecule has 0 radical (unpaired) electrons. The molecule has 1 aromatic carbocycles. The smallest absolute Gasteiger partial charge is 0.0989 e. The second kappa shape index (κ2) is 4.98. The van der Waals surface area contributed by atoms with Crippen LogP contribution in [0.5, 0.6) is 0 Å². The first kappa shape index (κ1) is 12.3. The van der Waals surface area contributed by atoms with Gasteiger partial charge in [0.1, 0.15) is 0 Å². The van der Waals surface area contributed by atoms with Crippen LogP contribution in [-0.2, 0) is 5.41 Å². The molecule has 0 aliphatic rings. The maximum Gasteiger partial charge on any atom is 0.0989 e. The summed E-state index contributed by atoms with van der Waals surface area (Å²) in [5.41, 5.74) is 7.97. The van der Waals surface area contributed by atoms with Gasteiger partial charge in [-0.3, -0.25) is 0 Å². The minimum absolute atomic E-state index is 0.0758. The lowest BCUT2D eigenvalue weighted by Crippen LogP contribution is -2.21. The van der Waals surface area contributed by atoms with Crippen LogP contribution in [0.1, 0.15) is 25.3 Å². The zero-order valence-corrected chi connectivity index (χ0v) is 11.1. The summed E-state index contributed by atoms with van der Waals surface area (Å²) in [7, 11) is 0. The first-order chi connectivity index (χ1) is 8.13. The maximum absolute atomic E-state index is 5.65. The van der Waals surface area contributed by atoms with Crippen LogP contribution < -0.4 is 5.73 Å². The van der Waals surface area contributed by atoms with E-state index in [2.05, 4.69) is 31.4 Å². The molecule has 17 heavy (non-hydrogen) atoms. The average Bonchev–Trinajstić information content (AvgIpc) is 2.80. The van der Waals surface area contributed by atoms with E-state index in [-0.39, 0.29) is 5.41 Å². The lowest BCUT2D eigenvalue weighted by Gasteiger charge is -2.20. The fourth-order valence-electron chi connectivity index (χ4n) is 1.79. The molecule has 1 heterocycles. The summed E-state index contributed by atoms with van der Waals surface area (Å²) in [5.74, 6) is 0. The maximum atomic E-state index is 5.65. The first-order valence-corrected chi connectivity index (χ1v) is 6.73. The molecular weight excluding hydrogens is 228 g/mol. The highest BCUT2D eigenvalue weighted by Gasteiger charge is 2.23. The number of nitrogens with zero attached hydrogens (tertiary/aromatic N) is 1. The molecule has 0 fully saturated rings. The standard InChI is InChI=1S/C14H18N2S/c1-14(2,8-9-15)13-16-12(10-17-13)11-6-4-3-5-7-11/h3-7,10H,8-9,15H2,1-2H3. The number of hydrogen-bond acceptors (Lipinski definition) is 3. The molecule has 0 saturated carbocycles. The van der Waals surface area contributed by atoms with Crippen LogP contribution in [0.25, 0.3) is 11.3 Å². The second-order valence-electron chi connectivity index (χ2n) is 4.83. The van der Waals surface area contributed by atoms with Crippen LogP contribution >= 0.6 is 11.3 Å². The molecule has 3 heteroatoms. The molecule has 0 aliphatic heterocycles. The summed E-state index contributed by atoms with van der Waals surface area (Å²) in [6, 6.07) is 10.3. The Hall–Kier alpha value is -1.19. The largest absolute Gasteiger partial charge is 0.330 e. The summed E-state index contributed by atoms with van der Waals surface area (Å²) >= 11 is 1.72. The van der Waals surface area contributed by atoms with E-state index in [4.69, 9.17) is 10.7 Å². The van der Waals surface area contributed by atoms with Crippen molar-refractivity contribution in [2.24, 2.45) is 5.73 Å². The average molecular weight is 246 g/mol. The third-order valence-electron chi connectivity index (χ3n) is 2.92. The van der Waals surface area contributed by atoms with Gasteiger partial charge in [-0.2, -0.15) is 0 Å². The van der Waals surface area contributed by atoms with Crippen LogP contribution in [0.4, 0.5) is 0 Å². The van der Waals surface area contributed by atoms with Crippen molar-refractivity contribution in [3.05, 3.63) is 40.7 Å². The van der Waals surface area contributed by atoms with Crippen molar-refractivity contribution in [2.45, 2.75) is 25.7 Å². The Kier molecular flexibility index (Phi) is 3.60. The fraction of sp³-hybridized carbons (Fsp3) is 0.357. The third-order valence-corrected chi connectivity index (χ3v) is 4.13. The number of benzene rings is 1. The number of rotatable bonds is 4. The Bertz CT molecular complexity index is 474. The van der Waals surface area contributed by atoms with Crippen molar-refractivity contribution in [1.82, 2.24) is 4.98 Å². The number of aromatic nitrogens is 1. The van der Waals surface area contributed by atoms with Crippen LogP contribution in [-0.4, -0.2) is 11.5 Å². The molecule has 0 amide bonds. The zero-order chi connectivity index (χ0) is 12.3. The van der Waals surface area contributed by atoms with E-state index in [9.17, 15) is 0 Å². The van der Waals surface area contributed by atoms with Crippen LogP contribution in [0.3, 0.4) is 0 Å². The van der Waals surface area contributed by atoms with Gasteiger partial charge in [-0.05, 0) is 13.0 Å². The predicted molar refractivity (Wildman–Crippen MR) is 74.2 cm³/mol. The van der Waals surface area contributed by atoms with Crippen molar-refractivity contribution in [1.29, 1.82) is 0 Å². The lowest BCUT2D eigenvalue weighted by molar-refractivity contribution is 0.485. The molecule has 0 saturated heterocycles. The van der Waals surface area contributed by atoms with E-state index < -0.39 is 0 Å². The minimum Gasteiger partial charge on any atom is -0.330 e. The molecule has 2 rings (SSSR count). The SMILES string of the molecule is CC(C)(CCN)c1nc(-c2ccccc2)cs1. The molecule has 0 atom stereocenters. The van der Waals surface area contributed by atoms with Crippen LogP contribution in [0.2, 0.25) is 0 Å². The van der Waals surface area contributed by atoms with Crippen molar-refractivity contribution in [3.8, 4) is 11.3 Å². The molecule has 2 aromatic rings. The van der Waals surface area contributed by atoms with Crippen LogP contribution in [0.15, 0.2) is 35.7 Å². The predicted octanol–water partition coefficient (Wildman–Crippen LogP) is 3.44. The minimum atomic E-state index is 0.0758. The Balaban J connectivity index is 2.28. The van der Waals surface area contributed by atoms with E-state index in [0.717, 1.165) is 12.1 Å². The van der Waals surface area contributed by atoms with Crippen molar-refractivity contribution < 1.29 is 0 Å². The van der Waals surface area contributed by atoms with Gasteiger partial charge in [0.15, 0.2) is 0 Å². The van der Waals surface area contributed by atoms with Crippen molar-refractivity contribution in [2.75, 3.05) is 6.54 Å². The highest BCUT2D eigenvalue weighted by Crippen LogP contribution is 2.32. The van der Waals surface area contributed by atoms with Gasteiger partial charge in [-0.25, -0.2) is 4.98 Å². The molecular formula is C14H18N2S. The Morgan fingerprint density at radius 3 is 2.59 bits per heavy atom. The first-order valence-electron chi connectivity index (χ1n) is 5.85. The van der Waals surface area contributed by atoms with Gasteiger partial charge in [-0.1, -0.05) is 44.2 Å². The number of thiazole rings is 1. The number of nitrogens with two attached hydrogens (primary N) is 1. The van der Waals surface area contributed by atoms with E-state index in [0.29, 0.717) is 6.54 Å². The Labute approximate surface area is 107 Å². The highest BCUT2D eigenvalue weighted by atomic mass is 32.1. The summed E-state index contributed by atoms with van der Waals surface area (Å²) in [6.07, 6.45) is 0.967. The third kappa shape index (κ3) is 2.73. The van der Waals surface area contributed by atoms with Crippen molar-refractivity contribution >= 4 is 11.3 Å². The Morgan fingerprint density at radius 1 is 1.24 bits per heavy atom. The molecule has 0 aliphatic carbocycles. The number of hydrogen-bond donors (Lipinski definition) is 1. The van der Waals surface area contributed by atoms with E-state index in [1.54, 1.807) is 11.3 Å². The van der Waals surface area contributed by atoms with Gasteiger partial charge < -0.3 is 5.73 Å². The van der Waals surface area contributed by atoms with Gasteiger partial charge in [0.2, 0.25) is 0 Å².